The lowest BCUT2D eigenvalue weighted by Gasteiger charge is -2.41. The van der Waals surface area contributed by atoms with Crippen molar-refractivity contribution in [2.75, 3.05) is 4.90 Å². The largest absolute Gasteiger partial charge is 0.454 e. The van der Waals surface area contributed by atoms with Crippen LogP contribution in [-0.2, 0) is 5.41 Å². The number of fused-ring (bicyclic) bond motifs is 4. The quantitative estimate of drug-likeness (QED) is 0.175. The van der Waals surface area contributed by atoms with Crippen LogP contribution in [0.25, 0.3) is 21.9 Å². The summed E-state index contributed by atoms with van der Waals surface area (Å²) in [7, 11) is 0. The van der Waals surface area contributed by atoms with E-state index in [-0.39, 0.29) is 17.4 Å². The molecule has 5 aromatic rings. The number of furan rings is 1. The zero-order valence-electron chi connectivity index (χ0n) is 31.2. The second-order valence-electron chi connectivity index (χ2n) is 15.2. The van der Waals surface area contributed by atoms with Crippen LogP contribution in [0.4, 0.5) is 11.4 Å². The molecule has 266 valence electrons. The summed E-state index contributed by atoms with van der Waals surface area (Å²) in [4.78, 5) is 2.54. The summed E-state index contributed by atoms with van der Waals surface area (Å²) in [6, 6.07) is 33.6. The Morgan fingerprint density at radius 1 is 0.704 bits per heavy atom. The van der Waals surface area contributed by atoms with Gasteiger partial charge in [-0.1, -0.05) is 172 Å². The number of hydrogen-bond donors (Lipinski definition) is 0. The van der Waals surface area contributed by atoms with Crippen LogP contribution in [0.3, 0.4) is 0 Å². The molecule has 0 fully saturated rings. The minimum absolute atomic E-state index is 0.0741. The van der Waals surface area contributed by atoms with E-state index in [9.17, 15) is 0 Å². The van der Waals surface area contributed by atoms with Gasteiger partial charge in [-0.15, -0.1) is 0 Å². The van der Waals surface area contributed by atoms with Gasteiger partial charge in [0.05, 0.1) is 11.7 Å². The van der Waals surface area contributed by atoms with E-state index in [1.165, 1.54) is 33.4 Å². The second kappa shape index (κ2) is 14.5. The molecule has 2 heteroatoms. The zero-order valence-corrected chi connectivity index (χ0v) is 31.2. The van der Waals surface area contributed by atoms with E-state index in [0.717, 1.165) is 59.0 Å². The van der Waals surface area contributed by atoms with Crippen molar-refractivity contribution in [3.8, 4) is 0 Å². The molecule has 4 atom stereocenters. The van der Waals surface area contributed by atoms with Gasteiger partial charge in [0.1, 0.15) is 5.58 Å². The molecule has 0 N–H and O–H groups in total. The maximum Gasteiger partial charge on any atom is 0.159 e. The summed E-state index contributed by atoms with van der Waals surface area (Å²) >= 11 is 0. The SMILES string of the molecule is CC1C=C(C2(c3ccccc3)C/C=C\C=C/C(C)c3ccc(N(c4cccc5c4oc4ccccc45)C4C=CC(C5=CC=CCC=C5)=CC4)cc32)C=CC1. The second-order valence-corrected chi connectivity index (χ2v) is 15.2. The Balaban J connectivity index is 1.28. The number of nitrogens with zero attached hydrogens (tertiary/aromatic N) is 1. The van der Waals surface area contributed by atoms with Crippen molar-refractivity contribution < 1.29 is 4.42 Å². The molecule has 54 heavy (non-hydrogen) atoms. The van der Waals surface area contributed by atoms with E-state index in [1.807, 2.05) is 0 Å². The number of hydrogen-bond acceptors (Lipinski definition) is 2. The predicted molar refractivity (Wildman–Crippen MR) is 228 cm³/mol. The molecular formula is C52H47NO. The molecule has 0 bridgehead atoms. The summed E-state index contributed by atoms with van der Waals surface area (Å²) in [5.74, 6) is 0.696. The summed E-state index contributed by atoms with van der Waals surface area (Å²) in [5.41, 5.74) is 11.6. The molecular weight excluding hydrogens is 655 g/mol. The molecule has 0 amide bonds. The number of rotatable bonds is 6. The van der Waals surface area contributed by atoms with E-state index in [4.69, 9.17) is 4.42 Å². The summed E-state index contributed by atoms with van der Waals surface area (Å²) in [6.07, 6.45) is 38.5. The Labute approximate surface area is 319 Å². The first kappa shape index (κ1) is 33.9. The van der Waals surface area contributed by atoms with Crippen LogP contribution >= 0.6 is 0 Å². The fourth-order valence-corrected chi connectivity index (χ4v) is 9.01. The average Bonchev–Trinajstić information content (AvgIpc) is 3.41. The summed E-state index contributed by atoms with van der Waals surface area (Å²) in [5, 5.41) is 2.28. The van der Waals surface area contributed by atoms with Crippen molar-refractivity contribution in [1.29, 1.82) is 0 Å². The first-order chi connectivity index (χ1) is 26.6. The van der Waals surface area contributed by atoms with E-state index in [1.54, 1.807) is 0 Å². The summed E-state index contributed by atoms with van der Waals surface area (Å²) < 4.78 is 6.76. The van der Waals surface area contributed by atoms with Crippen LogP contribution in [-0.4, -0.2) is 6.04 Å². The third-order valence-electron chi connectivity index (χ3n) is 11.7. The number of para-hydroxylation sites is 2. The van der Waals surface area contributed by atoms with Gasteiger partial charge >= 0.3 is 0 Å². The van der Waals surface area contributed by atoms with Gasteiger partial charge < -0.3 is 9.32 Å². The van der Waals surface area contributed by atoms with E-state index < -0.39 is 0 Å². The highest BCUT2D eigenvalue weighted by Crippen LogP contribution is 2.50. The van der Waals surface area contributed by atoms with Crippen molar-refractivity contribution >= 4 is 33.3 Å². The van der Waals surface area contributed by atoms with Gasteiger partial charge in [0.2, 0.25) is 0 Å². The highest BCUT2D eigenvalue weighted by Gasteiger charge is 2.40. The van der Waals surface area contributed by atoms with E-state index in [2.05, 4.69) is 201 Å². The molecule has 0 saturated carbocycles. The first-order valence-electron chi connectivity index (χ1n) is 19.6. The monoisotopic (exact) mass is 701 g/mol. The Kier molecular flexibility index (Phi) is 9.13. The molecule has 9 rings (SSSR count). The van der Waals surface area contributed by atoms with Gasteiger partial charge in [-0.2, -0.15) is 0 Å². The topological polar surface area (TPSA) is 16.4 Å². The highest BCUT2D eigenvalue weighted by atomic mass is 16.3. The lowest BCUT2D eigenvalue weighted by Crippen LogP contribution is -2.34. The number of benzene rings is 4. The van der Waals surface area contributed by atoms with Crippen LogP contribution in [0, 0.1) is 5.92 Å². The first-order valence-corrected chi connectivity index (χ1v) is 19.6. The van der Waals surface area contributed by atoms with Gasteiger partial charge in [0.25, 0.3) is 0 Å². The molecule has 0 saturated heterocycles. The van der Waals surface area contributed by atoms with Crippen LogP contribution in [0.1, 0.15) is 62.1 Å². The molecule has 0 aliphatic heterocycles. The van der Waals surface area contributed by atoms with Gasteiger partial charge in [0, 0.05) is 21.9 Å². The van der Waals surface area contributed by atoms with Crippen molar-refractivity contribution in [3.05, 3.63) is 216 Å². The zero-order chi connectivity index (χ0) is 36.5. The lowest BCUT2D eigenvalue weighted by atomic mass is 9.63. The van der Waals surface area contributed by atoms with Crippen molar-refractivity contribution in [1.82, 2.24) is 0 Å². The van der Waals surface area contributed by atoms with Gasteiger partial charge in [-0.05, 0) is 95.2 Å². The molecule has 2 nitrogen and oxygen atoms in total. The van der Waals surface area contributed by atoms with Crippen LogP contribution in [0.5, 0.6) is 0 Å². The van der Waals surface area contributed by atoms with Gasteiger partial charge in [-0.25, -0.2) is 0 Å². The average molecular weight is 702 g/mol. The third kappa shape index (κ3) is 6.10. The fourth-order valence-electron chi connectivity index (χ4n) is 9.01. The third-order valence-corrected chi connectivity index (χ3v) is 11.7. The predicted octanol–water partition coefficient (Wildman–Crippen LogP) is 13.8. The van der Waals surface area contributed by atoms with Crippen LogP contribution < -0.4 is 4.90 Å². The standard InChI is InChI=1S/C52H47NO/c1-37-17-15-23-42(35-37)52(41-21-10-5-11-22-41)34-14-6-7-18-38(2)45-33-32-44(36-48(45)52)53(43-30-28-40(29-31-43)39-19-8-3-4-9-20-39)49-26-16-25-47-46-24-12-13-27-50(46)54-51(47)49/h3,5-16,18-30,32-33,35-38,43H,4,17,31,34H2,1-2H3/b14-6-,18-7-. The Bertz CT molecular complexity index is 2490. The summed E-state index contributed by atoms with van der Waals surface area (Å²) in [6.45, 7) is 4.69. The molecule has 4 aromatic carbocycles. The molecule has 1 heterocycles. The van der Waals surface area contributed by atoms with E-state index >= 15 is 0 Å². The molecule has 4 aliphatic rings. The molecule has 1 aromatic heterocycles. The van der Waals surface area contributed by atoms with Crippen molar-refractivity contribution in [3.63, 3.8) is 0 Å². The molecule has 4 unspecified atom stereocenters. The molecule has 0 radical (unpaired) electrons. The minimum Gasteiger partial charge on any atom is -0.454 e. The molecule has 4 aliphatic carbocycles. The fraction of sp³-hybridized carbons (Fsp3) is 0.192. The minimum atomic E-state index is -0.382. The van der Waals surface area contributed by atoms with Crippen LogP contribution in [0.2, 0.25) is 0 Å². The Morgan fingerprint density at radius 2 is 1.57 bits per heavy atom. The Morgan fingerprint density at radius 3 is 2.44 bits per heavy atom. The van der Waals surface area contributed by atoms with Gasteiger partial charge in [0.15, 0.2) is 5.58 Å². The smallest absolute Gasteiger partial charge is 0.159 e. The number of allylic oxidation sites excluding steroid dienone is 16. The maximum atomic E-state index is 6.76. The highest BCUT2D eigenvalue weighted by molar-refractivity contribution is 6.09. The number of anilines is 2. The van der Waals surface area contributed by atoms with E-state index in [0.29, 0.717) is 5.92 Å². The van der Waals surface area contributed by atoms with Gasteiger partial charge in [-0.3, -0.25) is 0 Å². The Hall–Kier alpha value is -5.86. The maximum absolute atomic E-state index is 6.76. The normalized spacial score (nSPS) is 24.8. The lowest BCUT2D eigenvalue weighted by molar-refractivity contribution is 0.593. The van der Waals surface area contributed by atoms with Crippen LogP contribution in [0.15, 0.2) is 203 Å². The van der Waals surface area contributed by atoms with Crippen molar-refractivity contribution in [2.45, 2.75) is 56.9 Å². The van der Waals surface area contributed by atoms with Crippen molar-refractivity contribution in [2.24, 2.45) is 5.92 Å². The molecule has 0 spiro atoms.